The highest BCUT2D eigenvalue weighted by Gasteiger charge is 2.22. The molecule has 0 bridgehead atoms. The van der Waals surface area contributed by atoms with Gasteiger partial charge in [0.25, 0.3) is 0 Å². The summed E-state index contributed by atoms with van der Waals surface area (Å²) in [6, 6.07) is 19.1. The lowest BCUT2D eigenvalue weighted by Crippen LogP contribution is -2.45. The number of hydrogen-bond acceptors (Lipinski definition) is 3. The SMILES string of the molecule is CN=C(NCc1ccc(Sc2ccccc2)cc1)N1CCC(CC(=O)NC)CC1. The highest BCUT2D eigenvalue weighted by molar-refractivity contribution is 7.99. The molecular formula is C23H30N4OS. The molecule has 1 aliphatic rings. The smallest absolute Gasteiger partial charge is 0.220 e. The fourth-order valence-electron chi connectivity index (χ4n) is 3.53. The Morgan fingerprint density at radius 3 is 2.34 bits per heavy atom. The van der Waals surface area contributed by atoms with Gasteiger partial charge in [-0.1, -0.05) is 42.1 Å². The van der Waals surface area contributed by atoms with Crippen molar-refractivity contribution in [1.29, 1.82) is 0 Å². The van der Waals surface area contributed by atoms with Gasteiger partial charge in [0.05, 0.1) is 0 Å². The highest BCUT2D eigenvalue weighted by atomic mass is 32.2. The Hall–Kier alpha value is -2.47. The van der Waals surface area contributed by atoms with Gasteiger partial charge in [0.15, 0.2) is 5.96 Å². The fraction of sp³-hybridized carbons (Fsp3) is 0.391. The molecule has 0 unspecified atom stereocenters. The summed E-state index contributed by atoms with van der Waals surface area (Å²) in [6.45, 7) is 2.63. The van der Waals surface area contributed by atoms with Gasteiger partial charge >= 0.3 is 0 Å². The number of aliphatic imine (C=N–C) groups is 1. The summed E-state index contributed by atoms with van der Waals surface area (Å²) in [5, 5.41) is 6.20. The molecule has 1 fully saturated rings. The van der Waals surface area contributed by atoms with Crippen LogP contribution in [-0.4, -0.2) is 44.0 Å². The van der Waals surface area contributed by atoms with Crippen LogP contribution in [0.15, 0.2) is 69.4 Å². The molecule has 0 aromatic heterocycles. The maximum atomic E-state index is 11.6. The van der Waals surface area contributed by atoms with Gasteiger partial charge in [0.2, 0.25) is 5.91 Å². The van der Waals surface area contributed by atoms with Crippen molar-refractivity contribution in [3.05, 3.63) is 60.2 Å². The van der Waals surface area contributed by atoms with Crippen molar-refractivity contribution in [1.82, 2.24) is 15.5 Å². The van der Waals surface area contributed by atoms with Crippen LogP contribution in [0.25, 0.3) is 0 Å². The summed E-state index contributed by atoms with van der Waals surface area (Å²) in [5.41, 5.74) is 1.23. The summed E-state index contributed by atoms with van der Waals surface area (Å²) in [7, 11) is 3.54. The maximum Gasteiger partial charge on any atom is 0.220 e. The lowest BCUT2D eigenvalue weighted by atomic mass is 9.93. The van der Waals surface area contributed by atoms with Crippen LogP contribution in [0, 0.1) is 5.92 Å². The number of amides is 1. The highest BCUT2D eigenvalue weighted by Crippen LogP contribution is 2.27. The number of benzene rings is 2. The number of nitrogens with one attached hydrogen (secondary N) is 2. The second-order valence-corrected chi connectivity index (χ2v) is 8.41. The molecule has 6 heteroatoms. The zero-order valence-corrected chi connectivity index (χ0v) is 18.0. The van der Waals surface area contributed by atoms with Crippen molar-refractivity contribution < 1.29 is 4.79 Å². The normalized spacial score (nSPS) is 15.2. The average Bonchev–Trinajstić information content (AvgIpc) is 2.77. The number of nitrogens with zero attached hydrogens (tertiary/aromatic N) is 2. The predicted octanol–water partition coefficient (Wildman–Crippen LogP) is 3.76. The number of carbonyl (C=O) groups is 1. The molecule has 0 radical (unpaired) electrons. The monoisotopic (exact) mass is 410 g/mol. The molecule has 2 aromatic rings. The van der Waals surface area contributed by atoms with Crippen molar-refractivity contribution in [3.8, 4) is 0 Å². The lowest BCUT2D eigenvalue weighted by molar-refractivity contribution is -0.121. The van der Waals surface area contributed by atoms with Crippen molar-refractivity contribution in [2.24, 2.45) is 10.9 Å². The fourth-order valence-corrected chi connectivity index (χ4v) is 4.36. The standard InChI is InChI=1S/C23H30N4OS/c1-24-22(28)16-18-12-14-27(15-13-18)23(25-2)26-17-19-8-10-21(11-9-19)29-20-6-4-3-5-7-20/h3-11,18H,12-17H2,1-2H3,(H,24,28)(H,25,26). The van der Waals surface area contributed by atoms with Crippen LogP contribution in [0.4, 0.5) is 0 Å². The third-order valence-electron chi connectivity index (χ3n) is 5.23. The van der Waals surface area contributed by atoms with Gasteiger partial charge in [0.1, 0.15) is 0 Å². The summed E-state index contributed by atoms with van der Waals surface area (Å²) in [5.74, 6) is 1.55. The summed E-state index contributed by atoms with van der Waals surface area (Å²) >= 11 is 1.77. The molecule has 0 spiro atoms. The Labute approximate surface area is 178 Å². The van der Waals surface area contributed by atoms with Gasteiger partial charge in [-0.05, 0) is 48.6 Å². The van der Waals surface area contributed by atoms with Crippen molar-refractivity contribution in [2.45, 2.75) is 35.6 Å². The van der Waals surface area contributed by atoms with E-state index >= 15 is 0 Å². The summed E-state index contributed by atoms with van der Waals surface area (Å²) in [4.78, 5) is 20.8. The molecule has 0 atom stereocenters. The molecule has 1 aliphatic heterocycles. The summed E-state index contributed by atoms with van der Waals surface area (Å²) in [6.07, 6.45) is 2.68. The van der Waals surface area contributed by atoms with E-state index in [4.69, 9.17) is 0 Å². The van der Waals surface area contributed by atoms with Gasteiger partial charge < -0.3 is 15.5 Å². The first-order valence-corrected chi connectivity index (χ1v) is 11.0. The van der Waals surface area contributed by atoms with Crippen LogP contribution >= 0.6 is 11.8 Å². The van der Waals surface area contributed by atoms with Crippen molar-refractivity contribution in [3.63, 3.8) is 0 Å². The molecular weight excluding hydrogens is 380 g/mol. The Bertz CT molecular complexity index is 799. The Morgan fingerprint density at radius 1 is 1.07 bits per heavy atom. The lowest BCUT2D eigenvalue weighted by Gasteiger charge is -2.34. The number of piperidine rings is 1. The van der Waals surface area contributed by atoms with Gasteiger partial charge in [0, 0.05) is 49.9 Å². The first kappa shape index (κ1) is 21.2. The van der Waals surface area contributed by atoms with E-state index in [1.165, 1.54) is 15.4 Å². The van der Waals surface area contributed by atoms with E-state index in [0.29, 0.717) is 12.3 Å². The van der Waals surface area contributed by atoms with Gasteiger partial charge in [-0.2, -0.15) is 0 Å². The van der Waals surface area contributed by atoms with E-state index in [2.05, 4.69) is 69.1 Å². The first-order chi connectivity index (χ1) is 14.2. The van der Waals surface area contributed by atoms with E-state index in [1.54, 1.807) is 18.8 Å². The molecule has 2 aromatic carbocycles. The third-order valence-corrected chi connectivity index (χ3v) is 6.25. The quantitative estimate of drug-likeness (QED) is 0.562. The minimum atomic E-state index is 0.139. The van der Waals surface area contributed by atoms with Crippen molar-refractivity contribution >= 4 is 23.6 Å². The Balaban J connectivity index is 1.46. The second-order valence-electron chi connectivity index (χ2n) is 7.27. The van der Waals surface area contributed by atoms with Crippen LogP contribution in [0.1, 0.15) is 24.8 Å². The number of likely N-dealkylation sites (tertiary alicyclic amines) is 1. The first-order valence-electron chi connectivity index (χ1n) is 10.2. The minimum absolute atomic E-state index is 0.139. The van der Waals surface area contributed by atoms with Gasteiger partial charge in [-0.15, -0.1) is 0 Å². The van der Waals surface area contributed by atoms with Gasteiger partial charge in [-0.25, -0.2) is 0 Å². The molecule has 1 heterocycles. The molecule has 0 aliphatic carbocycles. The minimum Gasteiger partial charge on any atom is -0.359 e. The average molecular weight is 411 g/mol. The van der Waals surface area contributed by atoms with E-state index in [-0.39, 0.29) is 5.91 Å². The topological polar surface area (TPSA) is 56.7 Å². The third kappa shape index (κ3) is 6.53. The number of rotatable bonds is 6. The van der Waals surface area contributed by atoms with Gasteiger partial charge in [-0.3, -0.25) is 9.79 Å². The van der Waals surface area contributed by atoms with E-state index < -0.39 is 0 Å². The molecule has 0 saturated carbocycles. The zero-order valence-electron chi connectivity index (χ0n) is 17.2. The van der Waals surface area contributed by atoms with Crippen LogP contribution in [-0.2, 0) is 11.3 Å². The second kappa shape index (κ2) is 10.9. The Kier molecular flexibility index (Phi) is 7.99. The maximum absolute atomic E-state index is 11.6. The zero-order chi connectivity index (χ0) is 20.5. The number of hydrogen-bond donors (Lipinski definition) is 2. The molecule has 1 saturated heterocycles. The van der Waals surface area contributed by atoms with Crippen LogP contribution in [0.3, 0.4) is 0 Å². The summed E-state index contributed by atoms with van der Waals surface area (Å²) < 4.78 is 0. The molecule has 1 amide bonds. The van der Waals surface area contributed by atoms with Crippen LogP contribution < -0.4 is 10.6 Å². The Morgan fingerprint density at radius 2 is 1.72 bits per heavy atom. The van der Waals surface area contributed by atoms with Crippen LogP contribution in [0.5, 0.6) is 0 Å². The molecule has 29 heavy (non-hydrogen) atoms. The largest absolute Gasteiger partial charge is 0.359 e. The van der Waals surface area contributed by atoms with E-state index in [0.717, 1.165) is 38.4 Å². The number of carbonyl (C=O) groups excluding carboxylic acids is 1. The molecule has 5 nitrogen and oxygen atoms in total. The van der Waals surface area contributed by atoms with Crippen LogP contribution in [0.2, 0.25) is 0 Å². The predicted molar refractivity (Wildman–Crippen MR) is 120 cm³/mol. The van der Waals surface area contributed by atoms with Crippen molar-refractivity contribution in [2.75, 3.05) is 27.2 Å². The molecule has 154 valence electrons. The van der Waals surface area contributed by atoms with E-state index in [1.807, 2.05) is 13.1 Å². The molecule has 2 N–H and O–H groups in total. The molecule has 3 rings (SSSR count). The number of guanidine groups is 1. The van der Waals surface area contributed by atoms with E-state index in [9.17, 15) is 4.79 Å².